The summed E-state index contributed by atoms with van der Waals surface area (Å²) in [5, 5.41) is 2.82. The summed E-state index contributed by atoms with van der Waals surface area (Å²) in [7, 11) is 0. The van der Waals surface area contributed by atoms with E-state index in [0.29, 0.717) is 17.3 Å². The van der Waals surface area contributed by atoms with Crippen LogP contribution in [-0.4, -0.2) is 15.9 Å². The summed E-state index contributed by atoms with van der Waals surface area (Å²) < 4.78 is 5.61. The molecule has 1 aromatic carbocycles. The van der Waals surface area contributed by atoms with Gasteiger partial charge in [0.05, 0.1) is 5.69 Å². The van der Waals surface area contributed by atoms with E-state index in [1.807, 2.05) is 38.1 Å². The molecule has 0 aliphatic carbocycles. The number of hydrogen-bond acceptors (Lipinski definition) is 4. The maximum atomic E-state index is 12.1. The average Bonchev–Trinajstić information content (AvgIpc) is 2.88. The first kappa shape index (κ1) is 14.0. The number of anilines is 1. The summed E-state index contributed by atoms with van der Waals surface area (Å²) in [5.74, 6) is 1.08. The Labute approximate surface area is 128 Å². The molecular weight excluding hydrogens is 278 g/mol. The Morgan fingerprint density at radius 3 is 2.68 bits per heavy atom. The molecule has 0 saturated heterocycles. The van der Waals surface area contributed by atoms with Gasteiger partial charge in [-0.05, 0) is 44.2 Å². The molecule has 0 spiro atoms. The number of pyridine rings is 1. The second kappa shape index (κ2) is 5.81. The smallest absolute Gasteiger partial charge is 0.274 e. The van der Waals surface area contributed by atoms with Gasteiger partial charge in [0.15, 0.2) is 0 Å². The highest BCUT2D eigenvalue weighted by atomic mass is 16.4. The van der Waals surface area contributed by atoms with Crippen LogP contribution in [-0.2, 0) is 0 Å². The van der Waals surface area contributed by atoms with E-state index in [0.717, 1.165) is 17.0 Å². The molecule has 1 amide bonds. The second-order valence-electron chi connectivity index (χ2n) is 4.91. The van der Waals surface area contributed by atoms with Crippen LogP contribution in [0.4, 0.5) is 5.69 Å². The third-order valence-electron chi connectivity index (χ3n) is 3.29. The summed E-state index contributed by atoms with van der Waals surface area (Å²) in [6.45, 7) is 3.77. The first-order valence-corrected chi connectivity index (χ1v) is 6.90. The molecule has 1 N–H and O–H groups in total. The van der Waals surface area contributed by atoms with Crippen LogP contribution in [0.5, 0.6) is 0 Å². The van der Waals surface area contributed by atoms with Crippen LogP contribution in [0.3, 0.4) is 0 Å². The van der Waals surface area contributed by atoms with Gasteiger partial charge in [-0.25, -0.2) is 4.98 Å². The van der Waals surface area contributed by atoms with Crippen molar-refractivity contribution in [2.24, 2.45) is 0 Å². The molecule has 22 heavy (non-hydrogen) atoms. The number of aryl methyl sites for hydroxylation is 2. The maximum Gasteiger partial charge on any atom is 0.274 e. The standard InChI is InChI=1S/C17H15N3O2/c1-11-12(2)22-17(19-11)13-6-5-7-14(10-13)20-16(21)15-8-3-4-9-18-15/h3-10H,1-2H3,(H,20,21). The fraction of sp³-hybridized carbons (Fsp3) is 0.118. The van der Waals surface area contributed by atoms with Crippen molar-refractivity contribution in [3.63, 3.8) is 0 Å². The minimum Gasteiger partial charge on any atom is -0.441 e. The maximum absolute atomic E-state index is 12.1. The summed E-state index contributed by atoms with van der Waals surface area (Å²) in [4.78, 5) is 20.5. The normalized spacial score (nSPS) is 10.5. The topological polar surface area (TPSA) is 68.0 Å². The third kappa shape index (κ3) is 2.88. The van der Waals surface area contributed by atoms with Gasteiger partial charge in [-0.1, -0.05) is 12.1 Å². The molecule has 5 heteroatoms. The Morgan fingerprint density at radius 2 is 2.00 bits per heavy atom. The number of rotatable bonds is 3. The molecule has 110 valence electrons. The van der Waals surface area contributed by atoms with Gasteiger partial charge in [-0.15, -0.1) is 0 Å². The highest BCUT2D eigenvalue weighted by Crippen LogP contribution is 2.24. The van der Waals surface area contributed by atoms with Crippen molar-refractivity contribution in [2.75, 3.05) is 5.32 Å². The van der Waals surface area contributed by atoms with E-state index in [1.165, 1.54) is 0 Å². The lowest BCUT2D eigenvalue weighted by Gasteiger charge is -2.05. The predicted molar refractivity (Wildman–Crippen MR) is 83.6 cm³/mol. The van der Waals surface area contributed by atoms with E-state index < -0.39 is 0 Å². The van der Waals surface area contributed by atoms with Crippen LogP contribution >= 0.6 is 0 Å². The van der Waals surface area contributed by atoms with Crippen molar-refractivity contribution in [3.05, 3.63) is 65.8 Å². The lowest BCUT2D eigenvalue weighted by molar-refractivity contribution is 0.102. The Bertz CT molecular complexity index is 790. The van der Waals surface area contributed by atoms with Crippen LogP contribution in [0.1, 0.15) is 21.9 Å². The fourth-order valence-corrected chi connectivity index (χ4v) is 2.02. The summed E-state index contributed by atoms with van der Waals surface area (Å²) in [6.07, 6.45) is 1.59. The minimum atomic E-state index is -0.252. The van der Waals surface area contributed by atoms with Gasteiger partial charge in [0.2, 0.25) is 5.89 Å². The molecule has 0 aliphatic rings. The molecule has 0 radical (unpaired) electrons. The molecule has 5 nitrogen and oxygen atoms in total. The van der Waals surface area contributed by atoms with Gasteiger partial charge in [0, 0.05) is 17.4 Å². The molecule has 3 rings (SSSR count). The molecule has 0 fully saturated rings. The lowest BCUT2D eigenvalue weighted by Crippen LogP contribution is -2.13. The van der Waals surface area contributed by atoms with Crippen molar-refractivity contribution < 1.29 is 9.21 Å². The molecule has 0 atom stereocenters. The number of oxazole rings is 1. The number of carbonyl (C=O) groups is 1. The van der Waals surface area contributed by atoms with E-state index in [1.54, 1.807) is 24.4 Å². The Kier molecular flexibility index (Phi) is 3.70. The van der Waals surface area contributed by atoms with E-state index >= 15 is 0 Å². The highest BCUT2D eigenvalue weighted by molar-refractivity contribution is 6.03. The highest BCUT2D eigenvalue weighted by Gasteiger charge is 2.11. The molecule has 0 aliphatic heterocycles. The third-order valence-corrected chi connectivity index (χ3v) is 3.29. The Morgan fingerprint density at radius 1 is 1.14 bits per heavy atom. The zero-order valence-corrected chi connectivity index (χ0v) is 12.3. The number of aromatic nitrogens is 2. The quantitative estimate of drug-likeness (QED) is 0.801. The van der Waals surface area contributed by atoms with Crippen LogP contribution in [0, 0.1) is 13.8 Å². The summed E-state index contributed by atoms with van der Waals surface area (Å²) in [5.41, 5.74) is 2.71. The van der Waals surface area contributed by atoms with Crippen molar-refractivity contribution in [3.8, 4) is 11.5 Å². The van der Waals surface area contributed by atoms with Crippen molar-refractivity contribution in [1.82, 2.24) is 9.97 Å². The second-order valence-corrected chi connectivity index (χ2v) is 4.91. The van der Waals surface area contributed by atoms with Crippen LogP contribution in [0.15, 0.2) is 53.1 Å². The molecule has 2 heterocycles. The van der Waals surface area contributed by atoms with Crippen LogP contribution in [0.2, 0.25) is 0 Å². The van der Waals surface area contributed by atoms with Gasteiger partial charge >= 0.3 is 0 Å². The lowest BCUT2D eigenvalue weighted by atomic mass is 10.2. The monoisotopic (exact) mass is 293 g/mol. The summed E-state index contributed by atoms with van der Waals surface area (Å²) in [6, 6.07) is 12.6. The first-order valence-electron chi connectivity index (χ1n) is 6.90. The van der Waals surface area contributed by atoms with Crippen LogP contribution in [0.25, 0.3) is 11.5 Å². The number of hydrogen-bond donors (Lipinski definition) is 1. The summed E-state index contributed by atoms with van der Waals surface area (Å²) >= 11 is 0. The molecule has 0 unspecified atom stereocenters. The van der Waals surface area contributed by atoms with Crippen molar-refractivity contribution >= 4 is 11.6 Å². The predicted octanol–water partition coefficient (Wildman–Crippen LogP) is 3.61. The van der Waals surface area contributed by atoms with Crippen LogP contribution < -0.4 is 5.32 Å². The fourth-order valence-electron chi connectivity index (χ4n) is 2.02. The molecular formula is C17H15N3O2. The zero-order valence-electron chi connectivity index (χ0n) is 12.3. The Hall–Kier alpha value is -2.95. The Balaban J connectivity index is 1.84. The van der Waals surface area contributed by atoms with Gasteiger partial charge in [0.1, 0.15) is 11.5 Å². The largest absolute Gasteiger partial charge is 0.441 e. The van der Waals surface area contributed by atoms with Gasteiger partial charge in [-0.2, -0.15) is 0 Å². The van der Waals surface area contributed by atoms with Gasteiger partial charge < -0.3 is 9.73 Å². The average molecular weight is 293 g/mol. The first-order chi connectivity index (χ1) is 10.6. The molecule has 3 aromatic rings. The number of carbonyl (C=O) groups excluding carboxylic acids is 1. The number of nitrogens with zero attached hydrogens (tertiary/aromatic N) is 2. The van der Waals surface area contributed by atoms with Crippen molar-refractivity contribution in [2.45, 2.75) is 13.8 Å². The zero-order chi connectivity index (χ0) is 15.5. The van der Waals surface area contributed by atoms with E-state index in [2.05, 4.69) is 15.3 Å². The number of benzene rings is 1. The van der Waals surface area contributed by atoms with Gasteiger partial charge in [0.25, 0.3) is 5.91 Å². The number of nitrogens with one attached hydrogen (secondary N) is 1. The van der Waals surface area contributed by atoms with Gasteiger partial charge in [-0.3, -0.25) is 9.78 Å². The van der Waals surface area contributed by atoms with E-state index in [9.17, 15) is 4.79 Å². The molecule has 2 aromatic heterocycles. The molecule has 0 bridgehead atoms. The molecule has 0 saturated carbocycles. The van der Waals surface area contributed by atoms with E-state index in [-0.39, 0.29) is 5.91 Å². The van der Waals surface area contributed by atoms with Crippen molar-refractivity contribution in [1.29, 1.82) is 0 Å². The number of amides is 1. The van der Waals surface area contributed by atoms with E-state index in [4.69, 9.17) is 4.42 Å². The minimum absolute atomic E-state index is 0.252. The SMILES string of the molecule is Cc1nc(-c2cccc(NC(=O)c3ccccn3)c2)oc1C.